The van der Waals surface area contributed by atoms with Crippen LogP contribution in [0.1, 0.15) is 38.5 Å². The SMILES string of the molecule is NCCCC/C=C\C/C=C\CCCBr. The van der Waals surface area contributed by atoms with Gasteiger partial charge in [0.2, 0.25) is 0 Å². The zero-order valence-corrected chi connectivity index (χ0v) is 10.5. The molecular weight excluding hydrogens is 238 g/mol. The average Bonchev–Trinajstić information content (AvgIpc) is 2.21. The molecule has 0 amide bonds. The highest BCUT2D eigenvalue weighted by Gasteiger charge is 1.81. The van der Waals surface area contributed by atoms with Gasteiger partial charge >= 0.3 is 0 Å². The van der Waals surface area contributed by atoms with E-state index in [2.05, 4.69) is 40.2 Å². The van der Waals surface area contributed by atoms with Gasteiger partial charge in [-0.15, -0.1) is 0 Å². The molecule has 0 atom stereocenters. The van der Waals surface area contributed by atoms with Gasteiger partial charge in [-0.05, 0) is 45.1 Å². The van der Waals surface area contributed by atoms with Crippen molar-refractivity contribution < 1.29 is 0 Å². The first-order valence-electron chi connectivity index (χ1n) is 5.48. The third-order valence-corrected chi connectivity index (χ3v) is 2.50. The summed E-state index contributed by atoms with van der Waals surface area (Å²) < 4.78 is 0. The molecule has 0 rings (SSSR count). The average molecular weight is 260 g/mol. The van der Waals surface area contributed by atoms with Gasteiger partial charge in [-0.2, -0.15) is 0 Å². The van der Waals surface area contributed by atoms with Crippen molar-refractivity contribution in [2.24, 2.45) is 5.73 Å². The van der Waals surface area contributed by atoms with Crippen LogP contribution in [0.2, 0.25) is 0 Å². The predicted octanol–water partition coefficient (Wildman–Crippen LogP) is 3.79. The molecule has 0 aromatic carbocycles. The minimum atomic E-state index is 0.820. The van der Waals surface area contributed by atoms with Crippen molar-refractivity contribution in [2.45, 2.75) is 38.5 Å². The van der Waals surface area contributed by atoms with E-state index in [1.54, 1.807) is 0 Å². The fourth-order valence-corrected chi connectivity index (χ4v) is 1.43. The number of allylic oxidation sites excluding steroid dienone is 4. The number of hydrogen-bond donors (Lipinski definition) is 1. The summed E-state index contributed by atoms with van der Waals surface area (Å²) in [4.78, 5) is 0. The van der Waals surface area contributed by atoms with Crippen LogP contribution in [0.5, 0.6) is 0 Å². The Morgan fingerprint density at radius 1 is 0.857 bits per heavy atom. The molecule has 0 aliphatic heterocycles. The smallest absolute Gasteiger partial charge is 0.00342 e. The molecule has 0 aromatic rings. The van der Waals surface area contributed by atoms with Crippen molar-refractivity contribution in [3.63, 3.8) is 0 Å². The van der Waals surface area contributed by atoms with Gasteiger partial charge in [0.25, 0.3) is 0 Å². The molecule has 0 bridgehead atoms. The summed E-state index contributed by atoms with van der Waals surface area (Å²) >= 11 is 3.41. The number of nitrogens with two attached hydrogens (primary N) is 1. The van der Waals surface area contributed by atoms with Crippen LogP contribution in [0, 0.1) is 0 Å². The van der Waals surface area contributed by atoms with Crippen LogP contribution in [0.25, 0.3) is 0 Å². The third-order valence-electron chi connectivity index (χ3n) is 1.93. The zero-order chi connectivity index (χ0) is 10.5. The fourth-order valence-electron chi connectivity index (χ4n) is 1.11. The van der Waals surface area contributed by atoms with Crippen LogP contribution in [0.3, 0.4) is 0 Å². The van der Waals surface area contributed by atoms with Crippen LogP contribution < -0.4 is 5.73 Å². The Balaban J connectivity index is 3.13. The maximum Gasteiger partial charge on any atom is 0.00342 e. The molecule has 0 saturated heterocycles. The van der Waals surface area contributed by atoms with Crippen LogP contribution in [0.15, 0.2) is 24.3 Å². The number of rotatable bonds is 9. The molecule has 0 spiro atoms. The van der Waals surface area contributed by atoms with E-state index < -0.39 is 0 Å². The Kier molecular flexibility index (Phi) is 12.8. The lowest BCUT2D eigenvalue weighted by Crippen LogP contribution is -1.96. The van der Waals surface area contributed by atoms with Gasteiger partial charge in [-0.1, -0.05) is 40.2 Å². The molecule has 0 aliphatic carbocycles. The van der Waals surface area contributed by atoms with Crippen molar-refractivity contribution in [3.05, 3.63) is 24.3 Å². The first-order chi connectivity index (χ1) is 6.91. The molecule has 0 unspecified atom stereocenters. The van der Waals surface area contributed by atoms with Crippen molar-refractivity contribution in [3.8, 4) is 0 Å². The third kappa shape index (κ3) is 11.9. The molecule has 14 heavy (non-hydrogen) atoms. The number of unbranched alkanes of at least 4 members (excludes halogenated alkanes) is 3. The van der Waals surface area contributed by atoms with E-state index in [9.17, 15) is 0 Å². The molecule has 0 aromatic heterocycles. The maximum absolute atomic E-state index is 5.40. The molecule has 0 radical (unpaired) electrons. The fraction of sp³-hybridized carbons (Fsp3) is 0.667. The summed E-state index contributed by atoms with van der Waals surface area (Å²) in [6, 6.07) is 0. The Bertz CT molecular complexity index is 152. The van der Waals surface area contributed by atoms with Gasteiger partial charge in [0.1, 0.15) is 0 Å². The summed E-state index contributed by atoms with van der Waals surface area (Å²) in [5.41, 5.74) is 5.40. The minimum absolute atomic E-state index is 0.820. The Morgan fingerprint density at radius 2 is 1.50 bits per heavy atom. The molecule has 0 fully saturated rings. The first-order valence-corrected chi connectivity index (χ1v) is 6.60. The molecule has 0 heterocycles. The van der Waals surface area contributed by atoms with E-state index in [0.717, 1.165) is 24.7 Å². The summed E-state index contributed by atoms with van der Waals surface area (Å²) in [5, 5.41) is 1.10. The topological polar surface area (TPSA) is 26.0 Å². The predicted molar refractivity (Wildman–Crippen MR) is 68.8 cm³/mol. The van der Waals surface area contributed by atoms with Gasteiger partial charge in [-0.25, -0.2) is 0 Å². The molecule has 1 nitrogen and oxygen atoms in total. The zero-order valence-electron chi connectivity index (χ0n) is 8.92. The van der Waals surface area contributed by atoms with Gasteiger partial charge in [-0.3, -0.25) is 0 Å². The standard InChI is InChI=1S/C12H22BrN/c13-11-9-7-5-3-1-2-4-6-8-10-12-14/h2-5H,1,6-12,14H2/b4-2-,5-3-. The Morgan fingerprint density at radius 3 is 2.07 bits per heavy atom. The van der Waals surface area contributed by atoms with E-state index in [1.165, 1.54) is 25.7 Å². The summed E-state index contributed by atoms with van der Waals surface area (Å²) in [6.07, 6.45) is 16.0. The van der Waals surface area contributed by atoms with Crippen molar-refractivity contribution >= 4 is 15.9 Å². The van der Waals surface area contributed by atoms with Gasteiger partial charge in [0.05, 0.1) is 0 Å². The summed E-state index contributed by atoms with van der Waals surface area (Å²) in [6.45, 7) is 0.820. The van der Waals surface area contributed by atoms with Crippen LogP contribution in [-0.2, 0) is 0 Å². The highest BCUT2D eigenvalue weighted by molar-refractivity contribution is 9.09. The van der Waals surface area contributed by atoms with Crippen molar-refractivity contribution in [2.75, 3.05) is 11.9 Å². The molecule has 0 saturated carbocycles. The van der Waals surface area contributed by atoms with Gasteiger partial charge in [0.15, 0.2) is 0 Å². The van der Waals surface area contributed by atoms with E-state index in [0.29, 0.717) is 0 Å². The Hall–Kier alpha value is -0.0800. The van der Waals surface area contributed by atoms with Crippen LogP contribution >= 0.6 is 15.9 Å². The molecule has 82 valence electrons. The normalized spacial score (nSPS) is 11.9. The van der Waals surface area contributed by atoms with Crippen molar-refractivity contribution in [1.29, 1.82) is 0 Å². The van der Waals surface area contributed by atoms with Crippen LogP contribution in [-0.4, -0.2) is 11.9 Å². The quantitative estimate of drug-likeness (QED) is 0.381. The second-order valence-corrected chi connectivity index (χ2v) is 4.09. The maximum atomic E-state index is 5.40. The highest BCUT2D eigenvalue weighted by Crippen LogP contribution is 1.98. The second-order valence-electron chi connectivity index (χ2n) is 3.29. The number of hydrogen-bond acceptors (Lipinski definition) is 1. The van der Waals surface area contributed by atoms with Gasteiger partial charge in [0, 0.05) is 5.33 Å². The van der Waals surface area contributed by atoms with Gasteiger partial charge < -0.3 is 5.73 Å². The molecule has 2 heteroatoms. The summed E-state index contributed by atoms with van der Waals surface area (Å²) in [7, 11) is 0. The van der Waals surface area contributed by atoms with Crippen LogP contribution in [0.4, 0.5) is 0 Å². The largest absolute Gasteiger partial charge is 0.330 e. The highest BCUT2D eigenvalue weighted by atomic mass is 79.9. The summed E-state index contributed by atoms with van der Waals surface area (Å²) in [5.74, 6) is 0. The Labute approximate surface area is 96.6 Å². The lowest BCUT2D eigenvalue weighted by molar-refractivity contribution is 0.757. The lowest BCUT2D eigenvalue weighted by Gasteiger charge is -1.91. The number of alkyl halides is 1. The lowest BCUT2D eigenvalue weighted by atomic mass is 10.2. The first kappa shape index (κ1) is 13.9. The minimum Gasteiger partial charge on any atom is -0.330 e. The molecular formula is C12H22BrN. The van der Waals surface area contributed by atoms with E-state index >= 15 is 0 Å². The molecule has 0 aliphatic rings. The van der Waals surface area contributed by atoms with E-state index in [1.807, 2.05) is 0 Å². The van der Waals surface area contributed by atoms with E-state index in [4.69, 9.17) is 5.73 Å². The monoisotopic (exact) mass is 259 g/mol. The number of halogens is 1. The van der Waals surface area contributed by atoms with Crippen molar-refractivity contribution in [1.82, 2.24) is 0 Å². The van der Waals surface area contributed by atoms with E-state index in [-0.39, 0.29) is 0 Å². The second kappa shape index (κ2) is 12.9. The molecule has 2 N–H and O–H groups in total.